The zero-order valence-electron chi connectivity index (χ0n) is 14.3. The summed E-state index contributed by atoms with van der Waals surface area (Å²) in [5.41, 5.74) is 0.443. The Labute approximate surface area is 141 Å². The monoisotopic (exact) mass is 333 g/mol. The van der Waals surface area contributed by atoms with E-state index in [9.17, 15) is 9.59 Å². The summed E-state index contributed by atoms with van der Waals surface area (Å²) in [6.45, 7) is 7.91. The van der Waals surface area contributed by atoms with E-state index in [0.717, 1.165) is 5.69 Å². The molecule has 0 bridgehead atoms. The molecule has 3 rings (SSSR count). The first kappa shape index (κ1) is 16.4. The van der Waals surface area contributed by atoms with Crippen LogP contribution in [0.3, 0.4) is 0 Å². The van der Waals surface area contributed by atoms with Gasteiger partial charge in [0.1, 0.15) is 19.8 Å². The average molecular weight is 333 g/mol. The average Bonchev–Trinajstić information content (AvgIpc) is 2.86. The first-order valence-electron chi connectivity index (χ1n) is 8.10. The van der Waals surface area contributed by atoms with E-state index in [0.29, 0.717) is 37.8 Å². The lowest BCUT2D eigenvalue weighted by Gasteiger charge is -2.24. The Hall–Kier alpha value is -2.44. The SMILES string of the molecule is CC(C)(C)NC(=O)CN1CCN(c2ccc3c(c2)OCCO3)C1=O. The van der Waals surface area contributed by atoms with Gasteiger partial charge in [-0.1, -0.05) is 0 Å². The van der Waals surface area contributed by atoms with Crippen molar-refractivity contribution in [2.45, 2.75) is 26.3 Å². The van der Waals surface area contributed by atoms with Crippen LogP contribution < -0.4 is 19.7 Å². The van der Waals surface area contributed by atoms with Gasteiger partial charge in [0.15, 0.2) is 11.5 Å². The number of carbonyl (C=O) groups is 2. The molecular weight excluding hydrogens is 310 g/mol. The zero-order valence-corrected chi connectivity index (χ0v) is 14.3. The number of nitrogens with one attached hydrogen (secondary N) is 1. The highest BCUT2D eigenvalue weighted by molar-refractivity contribution is 5.96. The Morgan fingerprint density at radius 2 is 1.88 bits per heavy atom. The topological polar surface area (TPSA) is 71.1 Å². The molecule has 24 heavy (non-hydrogen) atoms. The number of amides is 3. The van der Waals surface area contributed by atoms with E-state index in [4.69, 9.17) is 9.47 Å². The summed E-state index contributed by atoms with van der Waals surface area (Å²) in [4.78, 5) is 27.8. The van der Waals surface area contributed by atoms with Gasteiger partial charge in [0.2, 0.25) is 5.91 Å². The lowest BCUT2D eigenvalue weighted by atomic mass is 10.1. The van der Waals surface area contributed by atoms with E-state index in [1.807, 2.05) is 39.0 Å². The molecule has 130 valence electrons. The summed E-state index contributed by atoms with van der Waals surface area (Å²) in [7, 11) is 0. The van der Waals surface area contributed by atoms with Gasteiger partial charge in [0.05, 0.1) is 0 Å². The minimum Gasteiger partial charge on any atom is -0.486 e. The molecule has 7 heteroatoms. The van der Waals surface area contributed by atoms with Gasteiger partial charge in [0.25, 0.3) is 0 Å². The molecule has 1 fully saturated rings. The Balaban J connectivity index is 1.67. The van der Waals surface area contributed by atoms with Crippen molar-refractivity contribution in [2.75, 3.05) is 37.7 Å². The number of ether oxygens (including phenoxy) is 2. The molecule has 0 aromatic heterocycles. The first-order chi connectivity index (χ1) is 11.3. The van der Waals surface area contributed by atoms with E-state index >= 15 is 0 Å². The number of nitrogens with zero attached hydrogens (tertiary/aromatic N) is 2. The second kappa shape index (κ2) is 6.22. The molecule has 3 amide bonds. The normalized spacial score (nSPS) is 17.2. The van der Waals surface area contributed by atoms with Crippen LogP contribution in [-0.2, 0) is 4.79 Å². The number of anilines is 1. The standard InChI is InChI=1S/C17H23N3O4/c1-17(2,3)18-15(21)11-19-6-7-20(16(19)22)12-4-5-13-14(10-12)24-9-8-23-13/h4-5,10H,6-9,11H2,1-3H3,(H,18,21). The fourth-order valence-electron chi connectivity index (χ4n) is 2.80. The molecule has 1 aromatic carbocycles. The van der Waals surface area contributed by atoms with Gasteiger partial charge in [-0.2, -0.15) is 0 Å². The molecule has 0 spiro atoms. The fraction of sp³-hybridized carbons (Fsp3) is 0.529. The van der Waals surface area contributed by atoms with Gasteiger partial charge >= 0.3 is 6.03 Å². The largest absolute Gasteiger partial charge is 0.486 e. The van der Waals surface area contributed by atoms with Crippen molar-refractivity contribution in [1.82, 2.24) is 10.2 Å². The molecule has 0 aliphatic carbocycles. The molecule has 7 nitrogen and oxygen atoms in total. The number of hydrogen-bond acceptors (Lipinski definition) is 4. The van der Waals surface area contributed by atoms with Crippen molar-refractivity contribution in [3.63, 3.8) is 0 Å². The highest BCUT2D eigenvalue weighted by Gasteiger charge is 2.32. The molecule has 2 aliphatic rings. The molecular formula is C17H23N3O4. The highest BCUT2D eigenvalue weighted by atomic mass is 16.6. The molecule has 0 radical (unpaired) electrons. The maximum Gasteiger partial charge on any atom is 0.325 e. The van der Waals surface area contributed by atoms with Crippen molar-refractivity contribution in [1.29, 1.82) is 0 Å². The summed E-state index contributed by atoms with van der Waals surface area (Å²) >= 11 is 0. The fourth-order valence-corrected chi connectivity index (χ4v) is 2.80. The Morgan fingerprint density at radius 3 is 2.58 bits per heavy atom. The number of urea groups is 1. The van der Waals surface area contributed by atoms with Gasteiger partial charge in [-0.25, -0.2) is 4.79 Å². The predicted octanol–water partition coefficient (Wildman–Crippen LogP) is 1.61. The Bertz CT molecular complexity index is 654. The predicted molar refractivity (Wildman–Crippen MR) is 89.6 cm³/mol. The van der Waals surface area contributed by atoms with Crippen LogP contribution in [0, 0.1) is 0 Å². The molecule has 0 atom stereocenters. The van der Waals surface area contributed by atoms with Crippen LogP contribution in [0.4, 0.5) is 10.5 Å². The molecule has 1 N–H and O–H groups in total. The minimum atomic E-state index is -0.310. The summed E-state index contributed by atoms with van der Waals surface area (Å²) in [5, 5.41) is 2.87. The third kappa shape index (κ3) is 3.55. The van der Waals surface area contributed by atoms with Crippen molar-refractivity contribution in [3.8, 4) is 11.5 Å². The van der Waals surface area contributed by atoms with Crippen LogP contribution in [0.5, 0.6) is 11.5 Å². The quantitative estimate of drug-likeness (QED) is 0.912. The van der Waals surface area contributed by atoms with E-state index in [2.05, 4.69) is 5.32 Å². The summed E-state index contributed by atoms with van der Waals surface area (Å²) in [6.07, 6.45) is 0. The molecule has 2 aliphatic heterocycles. The van der Waals surface area contributed by atoms with Crippen LogP contribution in [-0.4, -0.2) is 55.2 Å². The van der Waals surface area contributed by atoms with E-state index in [1.54, 1.807) is 9.80 Å². The van der Waals surface area contributed by atoms with Crippen molar-refractivity contribution < 1.29 is 19.1 Å². The minimum absolute atomic E-state index is 0.0666. The number of fused-ring (bicyclic) bond motifs is 1. The number of carbonyl (C=O) groups excluding carboxylic acids is 2. The third-order valence-corrected chi connectivity index (χ3v) is 3.78. The third-order valence-electron chi connectivity index (χ3n) is 3.78. The second-order valence-electron chi connectivity index (χ2n) is 6.98. The van der Waals surface area contributed by atoms with E-state index < -0.39 is 0 Å². The Morgan fingerprint density at radius 1 is 1.17 bits per heavy atom. The molecule has 0 unspecified atom stereocenters. The van der Waals surface area contributed by atoms with Gasteiger partial charge in [0, 0.05) is 30.4 Å². The molecule has 1 saturated heterocycles. The Kier molecular flexibility index (Phi) is 4.26. The lowest BCUT2D eigenvalue weighted by molar-refractivity contribution is -0.122. The van der Waals surface area contributed by atoms with Crippen LogP contribution in [0.15, 0.2) is 18.2 Å². The maximum absolute atomic E-state index is 12.6. The van der Waals surface area contributed by atoms with Gasteiger partial charge in [-0.15, -0.1) is 0 Å². The van der Waals surface area contributed by atoms with E-state index in [1.165, 1.54) is 0 Å². The van der Waals surface area contributed by atoms with Crippen LogP contribution >= 0.6 is 0 Å². The zero-order chi connectivity index (χ0) is 17.3. The number of rotatable bonds is 3. The van der Waals surface area contributed by atoms with Crippen molar-refractivity contribution in [2.24, 2.45) is 0 Å². The maximum atomic E-state index is 12.6. The number of hydrogen-bond donors (Lipinski definition) is 1. The van der Waals surface area contributed by atoms with Crippen molar-refractivity contribution in [3.05, 3.63) is 18.2 Å². The number of benzene rings is 1. The van der Waals surface area contributed by atoms with Gasteiger partial charge < -0.3 is 19.7 Å². The van der Waals surface area contributed by atoms with Crippen LogP contribution in [0.25, 0.3) is 0 Å². The van der Waals surface area contributed by atoms with Gasteiger partial charge in [-0.05, 0) is 32.9 Å². The smallest absolute Gasteiger partial charge is 0.325 e. The summed E-state index contributed by atoms with van der Waals surface area (Å²) < 4.78 is 11.1. The van der Waals surface area contributed by atoms with Crippen LogP contribution in [0.2, 0.25) is 0 Å². The molecule has 1 aromatic rings. The van der Waals surface area contributed by atoms with Crippen LogP contribution in [0.1, 0.15) is 20.8 Å². The molecule has 2 heterocycles. The lowest BCUT2D eigenvalue weighted by Crippen LogP contribution is -2.46. The molecule has 0 saturated carbocycles. The highest BCUT2D eigenvalue weighted by Crippen LogP contribution is 2.34. The van der Waals surface area contributed by atoms with Gasteiger partial charge in [-0.3, -0.25) is 9.69 Å². The second-order valence-corrected chi connectivity index (χ2v) is 6.98. The van der Waals surface area contributed by atoms with E-state index in [-0.39, 0.29) is 24.0 Å². The summed E-state index contributed by atoms with van der Waals surface area (Å²) in [6, 6.07) is 5.29. The summed E-state index contributed by atoms with van der Waals surface area (Å²) in [5.74, 6) is 1.19. The van der Waals surface area contributed by atoms with Crippen molar-refractivity contribution >= 4 is 17.6 Å². The first-order valence-corrected chi connectivity index (χ1v) is 8.10.